The Morgan fingerprint density at radius 3 is 2.33 bits per heavy atom. The highest BCUT2D eigenvalue weighted by atomic mass is 32.1. The summed E-state index contributed by atoms with van der Waals surface area (Å²) in [6.07, 6.45) is -0.325. The van der Waals surface area contributed by atoms with Crippen LogP contribution in [0.5, 0.6) is 0 Å². The van der Waals surface area contributed by atoms with E-state index < -0.39 is 42.4 Å². The van der Waals surface area contributed by atoms with E-state index in [9.17, 15) is 19.2 Å². The molecule has 2 amide bonds. The van der Waals surface area contributed by atoms with Crippen LogP contribution in [0.2, 0.25) is 0 Å². The second-order valence-electron chi connectivity index (χ2n) is 3.96. The first kappa shape index (κ1) is 19.5. The average molecular weight is 339 g/mol. The molecule has 0 fully saturated rings. The maximum absolute atomic E-state index is 11.7. The van der Waals surface area contributed by atoms with Crippen LogP contribution in [0.4, 0.5) is 0 Å². The minimum absolute atomic E-state index is 0.0286. The summed E-state index contributed by atoms with van der Waals surface area (Å²) in [4.78, 5) is 44.5. The van der Waals surface area contributed by atoms with Crippen LogP contribution >= 0.6 is 25.5 Å². The molecule has 0 unspecified atom stereocenters. The van der Waals surface area contributed by atoms with Gasteiger partial charge in [0.25, 0.3) is 0 Å². The summed E-state index contributed by atoms with van der Waals surface area (Å²) in [6.45, 7) is -0.409. The number of rotatable bonds is 9. The number of hydrogen-bond donors (Lipinski definition) is 6. The van der Waals surface area contributed by atoms with E-state index in [-0.39, 0.29) is 18.6 Å². The van der Waals surface area contributed by atoms with Gasteiger partial charge in [-0.3, -0.25) is 14.4 Å². The summed E-state index contributed by atoms with van der Waals surface area (Å²) in [6, 6.07) is -2.07. The SMILES string of the molecule is N[C@@H](CCC(=O)O)C(=O)N[C@@H](CS)C(=O)NCC(=O)OS. The van der Waals surface area contributed by atoms with E-state index in [0.29, 0.717) is 0 Å². The monoisotopic (exact) mass is 339 g/mol. The van der Waals surface area contributed by atoms with Crippen molar-refractivity contribution in [1.82, 2.24) is 10.6 Å². The van der Waals surface area contributed by atoms with Gasteiger partial charge in [-0.25, -0.2) is 4.79 Å². The van der Waals surface area contributed by atoms with Gasteiger partial charge < -0.3 is 25.7 Å². The predicted octanol–water partition coefficient (Wildman–Crippen LogP) is -1.90. The van der Waals surface area contributed by atoms with Gasteiger partial charge in [0.1, 0.15) is 12.6 Å². The summed E-state index contributed by atoms with van der Waals surface area (Å²) in [5, 5.41) is 13.0. The van der Waals surface area contributed by atoms with Crippen LogP contribution in [0.3, 0.4) is 0 Å². The Hall–Kier alpha value is -1.46. The molecule has 9 nitrogen and oxygen atoms in total. The van der Waals surface area contributed by atoms with Crippen LogP contribution in [0.1, 0.15) is 12.8 Å². The molecule has 0 radical (unpaired) electrons. The molecule has 5 N–H and O–H groups in total. The highest BCUT2D eigenvalue weighted by molar-refractivity contribution is 7.80. The molecule has 0 saturated heterocycles. The molecule has 0 spiro atoms. The number of carboxylic acids is 1. The number of nitrogens with one attached hydrogen (secondary N) is 2. The van der Waals surface area contributed by atoms with Crippen LogP contribution in [0, 0.1) is 0 Å². The van der Waals surface area contributed by atoms with Gasteiger partial charge in [-0.2, -0.15) is 12.6 Å². The number of aliphatic carboxylic acids is 1. The Morgan fingerprint density at radius 1 is 1.24 bits per heavy atom. The van der Waals surface area contributed by atoms with Crippen molar-refractivity contribution < 1.29 is 28.5 Å². The molecular formula is C10H17N3O6S2. The third kappa shape index (κ3) is 8.42. The number of thiol groups is 2. The quantitative estimate of drug-likeness (QED) is 0.212. The molecule has 0 aromatic rings. The lowest BCUT2D eigenvalue weighted by Gasteiger charge is -2.18. The van der Waals surface area contributed by atoms with Crippen molar-refractivity contribution in [2.45, 2.75) is 24.9 Å². The van der Waals surface area contributed by atoms with Gasteiger partial charge in [-0.1, -0.05) is 0 Å². The molecule has 11 heteroatoms. The van der Waals surface area contributed by atoms with Gasteiger partial charge in [0, 0.05) is 25.1 Å². The Kier molecular flexibility index (Phi) is 9.58. The summed E-state index contributed by atoms with van der Waals surface area (Å²) in [7, 11) is 0. The molecular weight excluding hydrogens is 322 g/mol. The molecule has 2 atom stereocenters. The molecule has 0 saturated carbocycles. The van der Waals surface area contributed by atoms with Gasteiger partial charge in [0.15, 0.2) is 0 Å². The fourth-order valence-corrected chi connectivity index (χ4v) is 1.52. The second-order valence-corrected chi connectivity index (χ2v) is 4.51. The fraction of sp³-hybridized carbons (Fsp3) is 0.600. The summed E-state index contributed by atoms with van der Waals surface area (Å²) in [5.41, 5.74) is 5.50. The van der Waals surface area contributed by atoms with Crippen molar-refractivity contribution in [1.29, 1.82) is 0 Å². The number of hydrogen-bond acceptors (Lipinski definition) is 8. The average Bonchev–Trinajstić information content (AvgIpc) is 2.46. The Morgan fingerprint density at radius 2 is 1.86 bits per heavy atom. The van der Waals surface area contributed by atoms with Crippen LogP contribution < -0.4 is 16.4 Å². The number of nitrogens with two attached hydrogens (primary N) is 1. The molecule has 0 aliphatic carbocycles. The minimum atomic E-state index is -1.08. The van der Waals surface area contributed by atoms with E-state index >= 15 is 0 Å². The number of carbonyl (C=O) groups is 4. The topological polar surface area (TPSA) is 148 Å². The van der Waals surface area contributed by atoms with Gasteiger partial charge in [-0.15, -0.1) is 0 Å². The lowest BCUT2D eigenvalue weighted by atomic mass is 10.1. The predicted molar refractivity (Wildman–Crippen MR) is 78.7 cm³/mol. The van der Waals surface area contributed by atoms with Crippen molar-refractivity contribution in [3.63, 3.8) is 0 Å². The molecule has 0 aliphatic heterocycles. The van der Waals surface area contributed by atoms with Gasteiger partial charge in [0.2, 0.25) is 11.8 Å². The van der Waals surface area contributed by atoms with Crippen LogP contribution in [-0.4, -0.2) is 53.2 Å². The zero-order valence-electron chi connectivity index (χ0n) is 10.9. The smallest absolute Gasteiger partial charge is 0.337 e. The van der Waals surface area contributed by atoms with Crippen molar-refractivity contribution in [3.05, 3.63) is 0 Å². The number of carboxylic acid groups (broad SMARTS) is 1. The third-order valence-corrected chi connectivity index (χ3v) is 2.90. The van der Waals surface area contributed by atoms with E-state index in [2.05, 4.69) is 40.4 Å². The molecule has 0 heterocycles. The summed E-state index contributed by atoms with van der Waals surface area (Å²) < 4.78 is 4.05. The van der Waals surface area contributed by atoms with Crippen LogP contribution in [0.15, 0.2) is 0 Å². The Balaban J connectivity index is 4.34. The van der Waals surface area contributed by atoms with E-state index in [0.717, 1.165) is 0 Å². The first-order chi connectivity index (χ1) is 9.81. The standard InChI is InChI=1S/C10H17N3O6S2/c11-5(1-2-7(14)15)9(17)13-6(4-20)10(18)12-3-8(16)19-21/h5-6,20-21H,1-4,11H2,(H,12,18)(H,13,17)(H,14,15)/t5-,6-/m0/s1. The summed E-state index contributed by atoms with van der Waals surface area (Å²) >= 11 is 7.17. The van der Waals surface area contributed by atoms with E-state index in [1.165, 1.54) is 0 Å². The van der Waals surface area contributed by atoms with E-state index in [1.54, 1.807) is 0 Å². The van der Waals surface area contributed by atoms with Gasteiger partial charge >= 0.3 is 11.9 Å². The highest BCUT2D eigenvalue weighted by Crippen LogP contribution is 1.97. The molecule has 120 valence electrons. The zero-order chi connectivity index (χ0) is 16.4. The van der Waals surface area contributed by atoms with E-state index in [1.807, 2.05) is 0 Å². The van der Waals surface area contributed by atoms with Crippen molar-refractivity contribution in [2.75, 3.05) is 12.3 Å². The third-order valence-electron chi connectivity index (χ3n) is 2.33. The molecule has 0 bridgehead atoms. The molecule has 0 aromatic carbocycles. The maximum atomic E-state index is 11.7. The normalized spacial score (nSPS) is 12.9. The minimum Gasteiger partial charge on any atom is -0.481 e. The number of carbonyl (C=O) groups excluding carboxylic acids is 3. The Labute approximate surface area is 132 Å². The Bertz CT molecular complexity index is 406. The highest BCUT2D eigenvalue weighted by Gasteiger charge is 2.23. The van der Waals surface area contributed by atoms with Gasteiger partial charge in [-0.05, 0) is 6.42 Å². The lowest BCUT2D eigenvalue weighted by Crippen LogP contribution is -2.53. The first-order valence-electron chi connectivity index (χ1n) is 5.82. The largest absolute Gasteiger partial charge is 0.481 e. The van der Waals surface area contributed by atoms with Crippen molar-refractivity contribution in [2.24, 2.45) is 5.73 Å². The van der Waals surface area contributed by atoms with Gasteiger partial charge in [0.05, 0.1) is 6.04 Å². The molecule has 0 aliphatic rings. The zero-order valence-corrected chi connectivity index (χ0v) is 12.7. The van der Waals surface area contributed by atoms with Crippen LogP contribution in [-0.2, 0) is 23.4 Å². The van der Waals surface area contributed by atoms with Crippen LogP contribution in [0.25, 0.3) is 0 Å². The van der Waals surface area contributed by atoms with Crippen molar-refractivity contribution >= 4 is 49.3 Å². The second kappa shape index (κ2) is 10.3. The number of amides is 2. The summed E-state index contributed by atoms with van der Waals surface area (Å²) in [5.74, 6) is -3.20. The maximum Gasteiger partial charge on any atom is 0.337 e. The molecule has 0 aromatic heterocycles. The first-order valence-corrected chi connectivity index (χ1v) is 6.82. The lowest BCUT2D eigenvalue weighted by molar-refractivity contribution is -0.137. The molecule has 0 rings (SSSR count). The van der Waals surface area contributed by atoms with E-state index in [4.69, 9.17) is 10.8 Å². The fourth-order valence-electron chi connectivity index (χ4n) is 1.20. The molecule has 21 heavy (non-hydrogen) atoms. The van der Waals surface area contributed by atoms with Crippen molar-refractivity contribution in [3.8, 4) is 0 Å².